The van der Waals surface area contributed by atoms with Crippen molar-refractivity contribution in [2.45, 2.75) is 6.04 Å². The lowest BCUT2D eigenvalue weighted by molar-refractivity contribution is -0.150. The summed E-state index contributed by atoms with van der Waals surface area (Å²) in [6, 6.07) is -1.15. The van der Waals surface area contributed by atoms with Crippen molar-refractivity contribution in [3.63, 3.8) is 0 Å². The molecule has 1 unspecified atom stereocenters. The molecular weight excluding hydrogens is 202 g/mol. The van der Waals surface area contributed by atoms with Crippen LogP contribution in [0.25, 0.3) is 0 Å². The Morgan fingerprint density at radius 2 is 2.07 bits per heavy atom. The average Bonchev–Trinajstić information content (AvgIpc) is 2.13. The van der Waals surface area contributed by atoms with Gasteiger partial charge in [-0.3, -0.25) is 14.4 Å². The molecule has 0 spiro atoms. The van der Waals surface area contributed by atoms with Crippen molar-refractivity contribution in [2.75, 3.05) is 26.7 Å². The van der Waals surface area contributed by atoms with E-state index in [4.69, 9.17) is 10.8 Å². The van der Waals surface area contributed by atoms with Crippen molar-refractivity contribution in [2.24, 2.45) is 5.73 Å². The number of hydrogen-bond acceptors (Lipinski definition) is 4. The van der Waals surface area contributed by atoms with Crippen LogP contribution in [0.1, 0.15) is 0 Å². The predicted octanol–water partition coefficient (Wildman–Crippen LogP) is -2.30. The second-order valence-corrected chi connectivity index (χ2v) is 3.47. The molecule has 1 fully saturated rings. The lowest BCUT2D eigenvalue weighted by Crippen LogP contribution is -2.56. The third-order valence-electron chi connectivity index (χ3n) is 2.21. The molecule has 1 heterocycles. The van der Waals surface area contributed by atoms with Gasteiger partial charge in [-0.2, -0.15) is 0 Å². The number of carbonyl (C=O) groups is 3. The number of carbonyl (C=O) groups excluding carboxylic acids is 2. The molecule has 7 heteroatoms. The van der Waals surface area contributed by atoms with Gasteiger partial charge in [-0.05, 0) is 0 Å². The van der Waals surface area contributed by atoms with Gasteiger partial charge in [0, 0.05) is 13.6 Å². The van der Waals surface area contributed by atoms with E-state index in [0.29, 0.717) is 0 Å². The number of amides is 2. The van der Waals surface area contributed by atoms with Crippen molar-refractivity contribution in [1.29, 1.82) is 0 Å². The third-order valence-corrected chi connectivity index (χ3v) is 2.21. The molecule has 3 N–H and O–H groups in total. The number of aliphatic carboxylic acids is 1. The van der Waals surface area contributed by atoms with Crippen molar-refractivity contribution >= 4 is 17.8 Å². The van der Waals surface area contributed by atoms with Crippen LogP contribution in [-0.4, -0.2) is 65.4 Å². The molecule has 0 radical (unpaired) electrons. The van der Waals surface area contributed by atoms with Crippen LogP contribution in [0.15, 0.2) is 0 Å². The van der Waals surface area contributed by atoms with Crippen LogP contribution in [0.5, 0.6) is 0 Å². The number of rotatable bonds is 3. The largest absolute Gasteiger partial charge is 0.480 e. The molecule has 1 rings (SSSR count). The van der Waals surface area contributed by atoms with Crippen LogP contribution in [0.2, 0.25) is 0 Å². The molecule has 1 aliphatic heterocycles. The van der Waals surface area contributed by atoms with Gasteiger partial charge in [0.25, 0.3) is 0 Å². The molecule has 0 aromatic heterocycles. The fraction of sp³-hybridized carbons (Fsp3) is 0.625. The summed E-state index contributed by atoms with van der Waals surface area (Å²) in [5, 5.41) is 8.56. The van der Waals surface area contributed by atoms with Gasteiger partial charge in [0.15, 0.2) is 0 Å². The summed E-state index contributed by atoms with van der Waals surface area (Å²) >= 11 is 0. The van der Waals surface area contributed by atoms with Crippen LogP contribution in [0, 0.1) is 0 Å². The van der Waals surface area contributed by atoms with Crippen LogP contribution in [0.4, 0.5) is 0 Å². The molecule has 84 valence electrons. The summed E-state index contributed by atoms with van der Waals surface area (Å²) in [6.07, 6.45) is 0. The Balaban J connectivity index is 2.59. The molecule has 7 nitrogen and oxygen atoms in total. The number of carboxylic acid groups (broad SMARTS) is 1. The number of hydrogen-bond donors (Lipinski definition) is 2. The number of nitrogens with two attached hydrogens (primary N) is 1. The Bertz CT molecular complexity index is 304. The molecule has 0 aliphatic carbocycles. The first kappa shape index (κ1) is 11.4. The van der Waals surface area contributed by atoms with Crippen molar-refractivity contribution in [3.05, 3.63) is 0 Å². The maximum Gasteiger partial charge on any atom is 0.322 e. The van der Waals surface area contributed by atoms with Crippen LogP contribution in [0.3, 0.4) is 0 Å². The Labute approximate surface area is 86.4 Å². The number of likely N-dealkylation sites (N-methyl/N-ethyl adjacent to an activating group) is 1. The summed E-state index contributed by atoms with van der Waals surface area (Å²) in [5.74, 6) is -1.69. The first-order chi connectivity index (χ1) is 6.91. The summed E-state index contributed by atoms with van der Waals surface area (Å²) in [6.45, 7) is -0.255. The third kappa shape index (κ3) is 2.66. The van der Waals surface area contributed by atoms with Gasteiger partial charge in [-0.1, -0.05) is 0 Å². The highest BCUT2D eigenvalue weighted by Gasteiger charge is 2.29. The Morgan fingerprint density at radius 1 is 1.47 bits per heavy atom. The molecule has 0 saturated carbocycles. The lowest BCUT2D eigenvalue weighted by atomic mass is 10.2. The van der Waals surface area contributed by atoms with E-state index in [2.05, 4.69) is 0 Å². The summed E-state index contributed by atoms with van der Waals surface area (Å²) < 4.78 is 0. The molecule has 0 bridgehead atoms. The molecule has 0 aromatic carbocycles. The minimum absolute atomic E-state index is 0.0226. The standard InChI is InChI=1S/C8H13N3O4/c1-10-3-7(13)11(4-6(10)12)2-5(9)8(14)15/h5H,2-4,9H2,1H3,(H,14,15). The van der Waals surface area contributed by atoms with E-state index in [1.165, 1.54) is 16.8 Å². The SMILES string of the molecule is CN1CC(=O)N(CC(N)C(=O)O)CC1=O. The van der Waals surface area contributed by atoms with Gasteiger partial charge in [-0.25, -0.2) is 0 Å². The molecule has 1 aliphatic rings. The monoisotopic (exact) mass is 215 g/mol. The normalized spacial score (nSPS) is 19.3. The number of piperazine rings is 1. The summed E-state index contributed by atoms with van der Waals surface area (Å²) in [5.41, 5.74) is 5.27. The second kappa shape index (κ2) is 4.26. The zero-order chi connectivity index (χ0) is 11.6. The van der Waals surface area contributed by atoms with Crippen LogP contribution in [-0.2, 0) is 14.4 Å². The van der Waals surface area contributed by atoms with E-state index in [1.807, 2.05) is 0 Å². The molecule has 0 aromatic rings. The van der Waals surface area contributed by atoms with Gasteiger partial charge in [0.05, 0.1) is 13.1 Å². The molecule has 15 heavy (non-hydrogen) atoms. The van der Waals surface area contributed by atoms with E-state index in [1.54, 1.807) is 0 Å². The van der Waals surface area contributed by atoms with E-state index >= 15 is 0 Å². The smallest absolute Gasteiger partial charge is 0.322 e. The molecule has 1 saturated heterocycles. The maximum atomic E-state index is 11.4. The van der Waals surface area contributed by atoms with Crippen molar-refractivity contribution < 1.29 is 19.5 Å². The van der Waals surface area contributed by atoms with Gasteiger partial charge >= 0.3 is 5.97 Å². The zero-order valence-corrected chi connectivity index (χ0v) is 8.34. The first-order valence-corrected chi connectivity index (χ1v) is 4.42. The lowest BCUT2D eigenvalue weighted by Gasteiger charge is -2.32. The van der Waals surface area contributed by atoms with Crippen LogP contribution < -0.4 is 5.73 Å². The number of carboxylic acids is 1. The summed E-state index contributed by atoms with van der Waals surface area (Å²) in [4.78, 5) is 35.6. The van der Waals surface area contributed by atoms with Crippen LogP contribution >= 0.6 is 0 Å². The van der Waals surface area contributed by atoms with Crippen molar-refractivity contribution in [1.82, 2.24) is 9.80 Å². The minimum Gasteiger partial charge on any atom is -0.480 e. The fourth-order valence-corrected chi connectivity index (χ4v) is 1.25. The fourth-order valence-electron chi connectivity index (χ4n) is 1.25. The average molecular weight is 215 g/mol. The van der Waals surface area contributed by atoms with Crippen molar-refractivity contribution in [3.8, 4) is 0 Å². The number of nitrogens with zero attached hydrogens (tertiary/aromatic N) is 2. The zero-order valence-electron chi connectivity index (χ0n) is 8.34. The van der Waals surface area contributed by atoms with Gasteiger partial charge in [0.2, 0.25) is 11.8 Å². The Hall–Kier alpha value is -1.63. The molecular formula is C8H13N3O4. The highest BCUT2D eigenvalue weighted by Crippen LogP contribution is 2.03. The van der Waals surface area contributed by atoms with Gasteiger partial charge in [-0.15, -0.1) is 0 Å². The van der Waals surface area contributed by atoms with E-state index in [9.17, 15) is 14.4 Å². The Kier molecular flexibility index (Phi) is 3.25. The van der Waals surface area contributed by atoms with Gasteiger partial charge in [0.1, 0.15) is 6.04 Å². The first-order valence-electron chi connectivity index (χ1n) is 4.42. The predicted molar refractivity (Wildman–Crippen MR) is 49.8 cm³/mol. The maximum absolute atomic E-state index is 11.4. The quantitative estimate of drug-likeness (QED) is 0.551. The molecule has 2 amide bonds. The van der Waals surface area contributed by atoms with E-state index < -0.39 is 12.0 Å². The van der Waals surface area contributed by atoms with E-state index in [0.717, 1.165) is 0 Å². The van der Waals surface area contributed by atoms with Gasteiger partial charge < -0.3 is 20.6 Å². The Morgan fingerprint density at radius 3 is 2.60 bits per heavy atom. The summed E-state index contributed by atoms with van der Waals surface area (Å²) in [7, 11) is 1.52. The minimum atomic E-state index is -1.19. The molecule has 1 atom stereocenters. The van der Waals surface area contributed by atoms with E-state index in [-0.39, 0.29) is 31.4 Å². The highest BCUT2D eigenvalue weighted by molar-refractivity contribution is 5.92. The highest BCUT2D eigenvalue weighted by atomic mass is 16.4. The topological polar surface area (TPSA) is 104 Å². The second-order valence-electron chi connectivity index (χ2n) is 3.47.